The Balaban J connectivity index is 3.10. The topological polar surface area (TPSA) is 88.1 Å². The molecule has 0 aliphatic carbocycles. The fourth-order valence-corrected chi connectivity index (χ4v) is 5.08. The predicted octanol–water partition coefficient (Wildman–Crippen LogP) is 1.27. The summed E-state index contributed by atoms with van der Waals surface area (Å²) >= 11 is 0. The lowest BCUT2D eigenvalue weighted by molar-refractivity contribution is -0.184. The van der Waals surface area contributed by atoms with Crippen molar-refractivity contribution in [3.05, 3.63) is 0 Å². The van der Waals surface area contributed by atoms with Crippen LogP contribution in [-0.2, 0) is 33.3 Å². The van der Waals surface area contributed by atoms with Gasteiger partial charge in [0.05, 0.1) is 0 Å². The second kappa shape index (κ2) is 8.44. The molecular weight excluding hydrogens is 311 g/mol. The number of hydrogen-bond acceptors (Lipinski definition) is 7. The third-order valence-electron chi connectivity index (χ3n) is 3.33. The summed E-state index contributed by atoms with van der Waals surface area (Å²) in [5, 5.41) is 0. The van der Waals surface area contributed by atoms with Crippen LogP contribution < -0.4 is 0 Å². The van der Waals surface area contributed by atoms with Crippen LogP contribution in [-0.4, -0.2) is 61.5 Å². The van der Waals surface area contributed by atoms with Gasteiger partial charge in [0, 0.05) is 34.0 Å². The first kappa shape index (κ1) is 18.8. The second-order valence-corrected chi connectivity index (χ2v) is 7.69. The molecule has 8 heteroatoms. The fraction of sp³-hybridized carbons (Fsp3) is 0.786. The molecule has 1 aliphatic rings. The first-order chi connectivity index (χ1) is 10.3. The third kappa shape index (κ3) is 4.92. The molecule has 0 aromatic rings. The number of methoxy groups -OCH3 is 1. The molecule has 22 heavy (non-hydrogen) atoms. The van der Waals surface area contributed by atoms with Crippen LogP contribution in [0, 0.1) is 0 Å². The summed E-state index contributed by atoms with van der Waals surface area (Å²) in [5.74, 6) is -1.92. The van der Waals surface area contributed by atoms with Gasteiger partial charge in [-0.25, -0.2) is 0 Å². The van der Waals surface area contributed by atoms with E-state index in [2.05, 4.69) is 0 Å². The van der Waals surface area contributed by atoms with E-state index in [9.17, 15) is 14.4 Å². The minimum Gasteiger partial charge on any atom is -0.459 e. The molecule has 0 bridgehead atoms. The van der Waals surface area contributed by atoms with Gasteiger partial charge in [0.2, 0.25) is 0 Å². The number of rotatable bonds is 5. The van der Waals surface area contributed by atoms with E-state index in [1.165, 1.54) is 27.9 Å². The van der Waals surface area contributed by atoms with Gasteiger partial charge in [-0.1, -0.05) is 14.8 Å². The average Bonchev–Trinajstić information content (AvgIpc) is 2.39. The van der Waals surface area contributed by atoms with Gasteiger partial charge in [-0.05, 0) is 6.16 Å². The zero-order chi connectivity index (χ0) is 16.9. The average molecular weight is 334 g/mol. The molecule has 1 heterocycles. The van der Waals surface area contributed by atoms with Crippen LogP contribution in [0.1, 0.15) is 27.7 Å². The first-order valence-corrected chi connectivity index (χ1v) is 8.86. The van der Waals surface area contributed by atoms with Crippen LogP contribution in [0.5, 0.6) is 0 Å². The molecule has 1 aliphatic heterocycles. The van der Waals surface area contributed by atoms with E-state index in [-0.39, 0.29) is 0 Å². The zero-order valence-corrected chi connectivity index (χ0v) is 14.4. The zero-order valence-electron chi connectivity index (χ0n) is 13.5. The maximum Gasteiger partial charge on any atom is 0.303 e. The molecule has 0 saturated carbocycles. The van der Waals surface area contributed by atoms with E-state index >= 15 is 0 Å². The number of ether oxygens (including phenoxy) is 4. The smallest absolute Gasteiger partial charge is 0.303 e. The number of carbonyl (C=O) groups is 3. The Labute approximate surface area is 131 Å². The van der Waals surface area contributed by atoms with Gasteiger partial charge in [0.1, 0.15) is 12.2 Å². The maximum absolute atomic E-state index is 11.4. The fourth-order valence-electron chi connectivity index (χ4n) is 2.56. The van der Waals surface area contributed by atoms with Crippen molar-refractivity contribution < 1.29 is 33.3 Å². The van der Waals surface area contributed by atoms with Gasteiger partial charge in [-0.15, -0.1) is 0 Å². The van der Waals surface area contributed by atoms with Crippen molar-refractivity contribution in [2.24, 2.45) is 0 Å². The summed E-state index contributed by atoms with van der Waals surface area (Å²) in [5.41, 5.74) is 0. The van der Waals surface area contributed by atoms with Crippen molar-refractivity contribution in [2.45, 2.75) is 51.9 Å². The van der Waals surface area contributed by atoms with E-state index in [4.69, 9.17) is 18.9 Å². The van der Waals surface area contributed by atoms with Crippen molar-refractivity contribution in [3.63, 3.8) is 0 Å². The van der Waals surface area contributed by atoms with E-state index in [1.54, 1.807) is 0 Å². The van der Waals surface area contributed by atoms with Gasteiger partial charge in [0.15, 0.2) is 11.9 Å². The normalized spacial score (nSPS) is 31.2. The molecule has 1 saturated heterocycles. The molecule has 0 radical (unpaired) electrons. The summed E-state index contributed by atoms with van der Waals surface area (Å²) in [4.78, 5) is 34.1. The van der Waals surface area contributed by atoms with E-state index in [0.29, 0.717) is 6.16 Å². The Morgan fingerprint density at radius 2 is 1.50 bits per heavy atom. The monoisotopic (exact) mass is 334 g/mol. The van der Waals surface area contributed by atoms with Crippen LogP contribution in [0.2, 0.25) is 0 Å². The lowest BCUT2D eigenvalue weighted by Gasteiger charge is -2.44. The molecule has 7 nitrogen and oxygen atoms in total. The predicted molar refractivity (Wildman–Crippen MR) is 79.8 cm³/mol. The summed E-state index contributed by atoms with van der Waals surface area (Å²) in [6, 6.07) is 0. The van der Waals surface area contributed by atoms with Crippen LogP contribution >= 0.6 is 7.92 Å². The minimum absolute atomic E-state index is 0.425. The largest absolute Gasteiger partial charge is 0.459 e. The molecule has 0 aromatic heterocycles. The molecule has 0 amide bonds. The van der Waals surface area contributed by atoms with E-state index < -0.39 is 50.0 Å². The quantitative estimate of drug-likeness (QED) is 0.425. The van der Waals surface area contributed by atoms with Crippen molar-refractivity contribution in [1.29, 1.82) is 0 Å². The molecule has 0 spiro atoms. The highest BCUT2D eigenvalue weighted by Gasteiger charge is 2.49. The summed E-state index contributed by atoms with van der Waals surface area (Å²) in [6.45, 7) is 5.88. The molecule has 0 N–H and O–H groups in total. The lowest BCUT2D eigenvalue weighted by Crippen LogP contribution is -2.55. The molecular formula is C14H23O7P. The standard InChI is InChI=1S/C14H23O7P/c1-6-22-7-11(19-8(2)15)12(18-5)13(20-9(3)16)14(22)21-10(4)17/h11-14H,6-7H2,1-5H3/t11-,12+,13-,14-,22?/m1/s1. The lowest BCUT2D eigenvalue weighted by atomic mass is 10.1. The van der Waals surface area contributed by atoms with Gasteiger partial charge >= 0.3 is 17.9 Å². The highest BCUT2D eigenvalue weighted by atomic mass is 31.1. The summed E-state index contributed by atoms with van der Waals surface area (Å²) in [6.07, 6.45) is -0.679. The molecule has 1 unspecified atom stereocenters. The summed E-state index contributed by atoms with van der Waals surface area (Å²) < 4.78 is 21.4. The Bertz CT molecular complexity index is 425. The summed E-state index contributed by atoms with van der Waals surface area (Å²) in [7, 11) is 0.631. The highest BCUT2D eigenvalue weighted by molar-refractivity contribution is 7.58. The third-order valence-corrected chi connectivity index (χ3v) is 6.09. The van der Waals surface area contributed by atoms with Crippen LogP contribution in [0.4, 0.5) is 0 Å². The second-order valence-electron chi connectivity index (χ2n) is 5.01. The van der Waals surface area contributed by atoms with Crippen molar-refractivity contribution in [1.82, 2.24) is 0 Å². The first-order valence-electron chi connectivity index (χ1n) is 7.08. The molecule has 126 valence electrons. The van der Waals surface area contributed by atoms with Gasteiger partial charge in [-0.3, -0.25) is 14.4 Å². The van der Waals surface area contributed by atoms with Crippen molar-refractivity contribution >= 4 is 25.8 Å². The Morgan fingerprint density at radius 1 is 0.955 bits per heavy atom. The SMILES string of the molecule is CCP1C[C@@H](OC(C)=O)[C@H](OC)[C@@H](OC(C)=O)[C@@H]1OC(C)=O. The van der Waals surface area contributed by atoms with Gasteiger partial charge < -0.3 is 18.9 Å². The van der Waals surface area contributed by atoms with Crippen LogP contribution in [0.3, 0.4) is 0 Å². The molecule has 1 rings (SSSR count). The van der Waals surface area contributed by atoms with E-state index in [0.717, 1.165) is 6.16 Å². The molecule has 0 aromatic carbocycles. The maximum atomic E-state index is 11.4. The molecule has 5 atom stereocenters. The van der Waals surface area contributed by atoms with Gasteiger partial charge in [0.25, 0.3) is 0 Å². The Morgan fingerprint density at radius 3 is 1.91 bits per heavy atom. The highest BCUT2D eigenvalue weighted by Crippen LogP contribution is 2.50. The Kier molecular flexibility index (Phi) is 7.23. The number of esters is 3. The number of carbonyl (C=O) groups excluding carboxylic acids is 3. The molecule has 1 fully saturated rings. The number of hydrogen-bond donors (Lipinski definition) is 0. The minimum atomic E-state index is -0.815. The Hall–Kier alpha value is -1.20. The van der Waals surface area contributed by atoms with Crippen LogP contribution in [0.25, 0.3) is 0 Å². The van der Waals surface area contributed by atoms with Crippen LogP contribution in [0.15, 0.2) is 0 Å². The van der Waals surface area contributed by atoms with Crippen molar-refractivity contribution in [3.8, 4) is 0 Å². The van der Waals surface area contributed by atoms with Crippen molar-refractivity contribution in [2.75, 3.05) is 19.4 Å². The van der Waals surface area contributed by atoms with E-state index in [1.807, 2.05) is 6.92 Å². The van der Waals surface area contributed by atoms with Gasteiger partial charge in [-0.2, -0.15) is 0 Å².